The molecule has 0 aromatic carbocycles. The van der Waals surface area contributed by atoms with E-state index in [0.717, 1.165) is 12.5 Å². The van der Waals surface area contributed by atoms with E-state index in [4.69, 9.17) is 17.3 Å². The maximum atomic E-state index is 5.64. The molecule has 3 aliphatic heterocycles. The van der Waals surface area contributed by atoms with Crippen LogP contribution in [0.15, 0.2) is 4.99 Å². The van der Waals surface area contributed by atoms with E-state index in [1.807, 2.05) is 0 Å². The van der Waals surface area contributed by atoms with Crippen molar-refractivity contribution >= 4 is 29.8 Å². The van der Waals surface area contributed by atoms with Crippen molar-refractivity contribution in [2.24, 2.45) is 16.6 Å². The first-order valence-corrected chi connectivity index (χ1v) is 5.43. The Hall–Kier alpha value is 0.01000. The first-order chi connectivity index (χ1) is 6.29. The van der Waals surface area contributed by atoms with Crippen LogP contribution in [0.4, 0.5) is 0 Å². The van der Waals surface area contributed by atoms with Gasteiger partial charge in [-0.25, -0.2) is 0 Å². The molecule has 82 valence electrons. The highest BCUT2D eigenvalue weighted by atomic mass is 35.5. The van der Waals surface area contributed by atoms with Crippen LogP contribution in [0, 0.1) is 5.92 Å². The largest absolute Gasteiger partial charge is 0.386 e. The number of aliphatic imine (C=N–C) groups is 1. The van der Waals surface area contributed by atoms with E-state index < -0.39 is 0 Å². The van der Waals surface area contributed by atoms with Gasteiger partial charge in [-0.05, 0) is 31.8 Å². The lowest BCUT2D eigenvalue weighted by Gasteiger charge is -2.43. The SMILES string of the molecule is Cl.NC(CCl)=NC1CN2CCC1CC2. The summed E-state index contributed by atoms with van der Waals surface area (Å²) in [6.45, 7) is 3.58. The molecular weight excluding hydrogens is 221 g/mol. The molecule has 5 heteroatoms. The van der Waals surface area contributed by atoms with Gasteiger partial charge >= 0.3 is 0 Å². The number of fused-ring (bicyclic) bond motifs is 3. The molecule has 0 radical (unpaired) electrons. The topological polar surface area (TPSA) is 41.6 Å². The van der Waals surface area contributed by atoms with Crippen LogP contribution in [0.3, 0.4) is 0 Å². The third-order valence-electron chi connectivity index (χ3n) is 3.09. The molecule has 1 atom stereocenters. The van der Waals surface area contributed by atoms with Crippen molar-refractivity contribution in [3.05, 3.63) is 0 Å². The highest BCUT2D eigenvalue weighted by Crippen LogP contribution is 2.29. The zero-order valence-corrected chi connectivity index (χ0v) is 9.73. The van der Waals surface area contributed by atoms with Crippen molar-refractivity contribution in [3.8, 4) is 0 Å². The van der Waals surface area contributed by atoms with E-state index in [-0.39, 0.29) is 12.4 Å². The molecule has 0 saturated carbocycles. The molecule has 14 heavy (non-hydrogen) atoms. The molecule has 0 aromatic heterocycles. The van der Waals surface area contributed by atoms with E-state index in [2.05, 4.69) is 9.89 Å². The molecule has 3 nitrogen and oxygen atoms in total. The Morgan fingerprint density at radius 3 is 2.50 bits per heavy atom. The zero-order chi connectivity index (χ0) is 9.26. The third-order valence-corrected chi connectivity index (χ3v) is 3.36. The highest BCUT2D eigenvalue weighted by Gasteiger charge is 2.33. The van der Waals surface area contributed by atoms with Gasteiger partial charge < -0.3 is 10.6 Å². The Bertz CT molecular complexity index is 212. The maximum Gasteiger partial charge on any atom is 0.109 e. The van der Waals surface area contributed by atoms with Crippen molar-refractivity contribution < 1.29 is 0 Å². The summed E-state index contributed by atoms with van der Waals surface area (Å²) in [5.41, 5.74) is 5.64. The average Bonchev–Trinajstić information content (AvgIpc) is 2.19. The molecule has 3 fully saturated rings. The summed E-state index contributed by atoms with van der Waals surface area (Å²) in [5, 5.41) is 0. The maximum absolute atomic E-state index is 5.64. The fraction of sp³-hybridized carbons (Fsp3) is 0.889. The quantitative estimate of drug-likeness (QED) is 0.444. The summed E-state index contributed by atoms with van der Waals surface area (Å²) in [7, 11) is 0. The van der Waals surface area contributed by atoms with Crippen molar-refractivity contribution in [3.63, 3.8) is 0 Å². The predicted molar refractivity (Wildman–Crippen MR) is 62.5 cm³/mol. The van der Waals surface area contributed by atoms with Gasteiger partial charge in [-0.15, -0.1) is 24.0 Å². The standard InChI is InChI=1S/C9H16ClN3.ClH/c10-5-9(11)12-8-6-13-3-1-7(8)2-4-13;/h7-8H,1-6H2,(H2,11,12);1H. The molecule has 3 rings (SSSR count). The summed E-state index contributed by atoms with van der Waals surface area (Å²) in [4.78, 5) is 6.93. The van der Waals surface area contributed by atoms with Gasteiger partial charge in [0, 0.05) is 6.54 Å². The lowest BCUT2D eigenvalue weighted by atomic mass is 9.84. The predicted octanol–water partition coefficient (Wildman–Crippen LogP) is 1.10. The Morgan fingerprint density at radius 2 is 2.07 bits per heavy atom. The Kier molecular flexibility index (Phi) is 4.48. The summed E-state index contributed by atoms with van der Waals surface area (Å²) >= 11 is 5.60. The van der Waals surface area contributed by atoms with Crippen LogP contribution in [0.25, 0.3) is 0 Å². The van der Waals surface area contributed by atoms with Crippen LogP contribution in [0.2, 0.25) is 0 Å². The first kappa shape index (κ1) is 12.1. The van der Waals surface area contributed by atoms with Gasteiger partial charge in [0.15, 0.2) is 0 Å². The second kappa shape index (κ2) is 5.19. The Morgan fingerprint density at radius 1 is 1.43 bits per heavy atom. The summed E-state index contributed by atoms with van der Waals surface area (Å²) in [6, 6.07) is 0.418. The molecule has 2 N–H and O–H groups in total. The number of amidine groups is 1. The van der Waals surface area contributed by atoms with Crippen LogP contribution in [0.5, 0.6) is 0 Å². The molecular formula is C9H17Cl2N3. The van der Waals surface area contributed by atoms with Crippen LogP contribution in [-0.2, 0) is 0 Å². The minimum absolute atomic E-state index is 0. The molecule has 0 spiro atoms. The van der Waals surface area contributed by atoms with E-state index in [0.29, 0.717) is 17.8 Å². The number of nitrogens with zero attached hydrogens (tertiary/aromatic N) is 2. The zero-order valence-electron chi connectivity index (χ0n) is 8.16. The van der Waals surface area contributed by atoms with Gasteiger partial charge in [0.25, 0.3) is 0 Å². The number of nitrogens with two attached hydrogens (primary N) is 1. The average molecular weight is 238 g/mol. The van der Waals surface area contributed by atoms with Gasteiger partial charge in [0.05, 0.1) is 11.9 Å². The molecule has 2 bridgehead atoms. The normalized spacial score (nSPS) is 36.6. The molecule has 3 aliphatic rings. The Balaban J connectivity index is 0.000000980. The number of rotatable bonds is 2. The molecule has 3 heterocycles. The van der Waals surface area contributed by atoms with Crippen LogP contribution in [0.1, 0.15) is 12.8 Å². The van der Waals surface area contributed by atoms with E-state index >= 15 is 0 Å². The third kappa shape index (κ3) is 2.53. The lowest BCUT2D eigenvalue weighted by molar-refractivity contribution is 0.0905. The van der Waals surface area contributed by atoms with Gasteiger partial charge in [-0.3, -0.25) is 4.99 Å². The second-order valence-electron chi connectivity index (χ2n) is 3.96. The van der Waals surface area contributed by atoms with E-state index in [9.17, 15) is 0 Å². The van der Waals surface area contributed by atoms with Crippen molar-refractivity contribution in [2.75, 3.05) is 25.5 Å². The van der Waals surface area contributed by atoms with Gasteiger partial charge in [-0.2, -0.15) is 0 Å². The minimum atomic E-state index is 0. The van der Waals surface area contributed by atoms with E-state index in [1.165, 1.54) is 25.9 Å². The molecule has 1 unspecified atom stereocenters. The summed E-state index contributed by atoms with van der Waals surface area (Å²) < 4.78 is 0. The number of hydrogen-bond acceptors (Lipinski definition) is 2. The molecule has 0 aromatic rings. The van der Waals surface area contributed by atoms with E-state index in [1.54, 1.807) is 0 Å². The fourth-order valence-electron chi connectivity index (χ4n) is 2.33. The van der Waals surface area contributed by atoms with Crippen molar-refractivity contribution in [1.29, 1.82) is 0 Å². The van der Waals surface area contributed by atoms with Crippen LogP contribution >= 0.6 is 24.0 Å². The fourth-order valence-corrected chi connectivity index (χ4v) is 2.40. The second-order valence-corrected chi connectivity index (χ2v) is 4.23. The molecule has 0 amide bonds. The highest BCUT2D eigenvalue weighted by molar-refractivity contribution is 6.27. The molecule has 3 saturated heterocycles. The smallest absolute Gasteiger partial charge is 0.109 e. The summed E-state index contributed by atoms with van der Waals surface area (Å²) in [5.74, 6) is 1.72. The van der Waals surface area contributed by atoms with Crippen molar-refractivity contribution in [1.82, 2.24) is 4.90 Å². The van der Waals surface area contributed by atoms with Crippen LogP contribution < -0.4 is 5.73 Å². The minimum Gasteiger partial charge on any atom is -0.386 e. The number of piperidine rings is 3. The molecule has 0 aliphatic carbocycles. The lowest BCUT2D eigenvalue weighted by Crippen LogP contribution is -2.50. The first-order valence-electron chi connectivity index (χ1n) is 4.90. The van der Waals surface area contributed by atoms with Gasteiger partial charge in [0.2, 0.25) is 0 Å². The number of alkyl halides is 1. The van der Waals surface area contributed by atoms with Crippen molar-refractivity contribution in [2.45, 2.75) is 18.9 Å². The number of hydrogen-bond donors (Lipinski definition) is 1. The van der Waals surface area contributed by atoms with Crippen LogP contribution in [-0.4, -0.2) is 42.3 Å². The number of halogens is 2. The monoisotopic (exact) mass is 237 g/mol. The summed E-state index contributed by atoms with van der Waals surface area (Å²) in [6.07, 6.45) is 2.56. The Labute approximate surface area is 96.1 Å². The van der Waals surface area contributed by atoms with Gasteiger partial charge in [-0.1, -0.05) is 0 Å². The van der Waals surface area contributed by atoms with Gasteiger partial charge in [0.1, 0.15) is 5.84 Å².